The Morgan fingerprint density at radius 2 is 0.917 bits per heavy atom. The molecular formula is C74H146N8S2. The Morgan fingerprint density at radius 3 is 1.17 bits per heavy atom. The summed E-state index contributed by atoms with van der Waals surface area (Å²) >= 11 is 4.38. The average Bonchev–Trinajstić information content (AvgIpc) is 3.46. The first kappa shape index (κ1) is 81.0. The molecule has 0 aromatic rings. The molecule has 0 radical (unpaired) electrons. The summed E-state index contributed by atoms with van der Waals surface area (Å²) in [4.78, 5) is 17.4. The summed E-state index contributed by atoms with van der Waals surface area (Å²) in [6, 6.07) is 0. The molecule has 7 rings (SSSR count). The number of piperidine rings is 2. The first-order chi connectivity index (χ1) is 39.2. The second-order valence-electron chi connectivity index (χ2n) is 31.1. The van der Waals surface area contributed by atoms with Gasteiger partial charge in [0.1, 0.15) is 6.34 Å². The van der Waals surface area contributed by atoms with Crippen molar-refractivity contribution in [1.29, 1.82) is 0 Å². The van der Waals surface area contributed by atoms with E-state index >= 15 is 0 Å². The van der Waals surface area contributed by atoms with Crippen molar-refractivity contribution in [3.05, 3.63) is 12.2 Å². The quantitative estimate of drug-likeness (QED) is 0.138. The van der Waals surface area contributed by atoms with Crippen LogP contribution in [-0.2, 0) is 0 Å². The molecule has 0 aromatic carbocycles. The van der Waals surface area contributed by atoms with Gasteiger partial charge in [0.15, 0.2) is 0 Å². The van der Waals surface area contributed by atoms with E-state index in [4.69, 9.17) is 0 Å². The fourth-order valence-corrected chi connectivity index (χ4v) is 19.2. The van der Waals surface area contributed by atoms with Crippen molar-refractivity contribution in [2.75, 3.05) is 64.0 Å². The predicted molar refractivity (Wildman–Crippen MR) is 387 cm³/mol. The number of allylic oxidation sites excluding steroid dienone is 1. The number of nitrogens with zero attached hydrogens (tertiary/aromatic N) is 4. The standard InChI is InChI=1S/C11H23N.C11H21N.C11H23N.C11H19N.C10H22N2.C10H18N2.C10H20S2/c2*1-9(2)11(10(3)4)5-7-12-8-6-11;2*1-9(2)11(10(3)4)7-5-6-8-12-11;2*1-8(2)10(9(3)4)5-11-7-12-6-10;1-8(2)10(9(3)4)11-6-5-7-12-10/h9-10,12H,5-8H2,1-4H3;7,9-10H,5-6,8H2,1-4H3;9-10,12H,5-8H2,1-4H3;5-6,8-10H,7H2,1-4H3;8-9,11-12H,5-7H2,1-4H3;5,7-9H,6H2,1-4H3;8-9H,5-7H2,1-4H3. The molecule has 7 heterocycles. The van der Waals surface area contributed by atoms with Crippen molar-refractivity contribution in [3.8, 4) is 0 Å². The lowest BCUT2D eigenvalue weighted by atomic mass is 9.63. The number of rotatable bonds is 14. The molecule has 0 unspecified atom stereocenters. The van der Waals surface area contributed by atoms with Gasteiger partial charge in [-0.1, -0.05) is 206 Å². The summed E-state index contributed by atoms with van der Waals surface area (Å²) in [5, 5.41) is 14.0. The maximum atomic E-state index is 4.65. The summed E-state index contributed by atoms with van der Waals surface area (Å²) in [5.74, 6) is 13.0. The van der Waals surface area contributed by atoms with Crippen LogP contribution in [0.4, 0.5) is 0 Å². The Bertz CT molecular complexity index is 1610. The minimum absolute atomic E-state index is 0.161. The molecule has 7 aliphatic heterocycles. The maximum Gasteiger partial charge on any atom is 0.109 e. The van der Waals surface area contributed by atoms with Crippen LogP contribution < -0.4 is 21.3 Å². The zero-order valence-electron chi connectivity index (χ0n) is 61.1. The van der Waals surface area contributed by atoms with E-state index in [1.165, 1.54) is 82.5 Å². The number of dihydropyridines is 1. The van der Waals surface area contributed by atoms with Crippen LogP contribution in [0.25, 0.3) is 0 Å². The Labute approximate surface area is 534 Å². The number of aliphatic imine (C=N–C) groups is 4. The number of hydrogen-bond donors (Lipinski definition) is 4. The topological polar surface area (TPSA) is 97.6 Å². The van der Waals surface area contributed by atoms with E-state index in [-0.39, 0.29) is 11.0 Å². The molecule has 494 valence electrons. The highest BCUT2D eigenvalue weighted by Gasteiger charge is 2.43. The van der Waals surface area contributed by atoms with Crippen molar-refractivity contribution >= 4 is 48.5 Å². The molecule has 7 aliphatic rings. The lowest BCUT2D eigenvalue weighted by Gasteiger charge is -2.45. The van der Waals surface area contributed by atoms with Gasteiger partial charge in [-0.3, -0.25) is 15.0 Å². The molecule has 0 amide bonds. The Kier molecular flexibility index (Phi) is 37.2. The van der Waals surface area contributed by atoms with Gasteiger partial charge in [-0.25, -0.2) is 4.99 Å². The molecule has 0 aliphatic carbocycles. The Balaban J connectivity index is 0.000000490. The van der Waals surface area contributed by atoms with Gasteiger partial charge in [-0.05, 0) is 194 Å². The minimum Gasteiger partial charge on any atom is -0.317 e. The summed E-state index contributed by atoms with van der Waals surface area (Å²) in [7, 11) is 0. The lowest BCUT2D eigenvalue weighted by molar-refractivity contribution is 0.0671. The highest BCUT2D eigenvalue weighted by Crippen LogP contribution is 2.52. The molecule has 0 bridgehead atoms. The van der Waals surface area contributed by atoms with Crippen LogP contribution in [0.15, 0.2) is 32.1 Å². The SMILES string of the molecule is CC(C)C1(C(C)C)C=NC=NC1.CC(C)C1(C(C)C)CC=CC=N1.CC(C)C1(C(C)C)CC=NCC1.CC(C)C1(C(C)C)CCCCN1.CC(C)C1(C(C)C)CCNCC1.CC(C)C1(C(C)C)CNCNC1.CC(C)C1(C(C)C)SCCCS1. The van der Waals surface area contributed by atoms with Crippen molar-refractivity contribution in [3.63, 3.8) is 0 Å². The summed E-state index contributed by atoms with van der Waals surface area (Å²) in [6.07, 6.45) is 23.9. The molecule has 4 fully saturated rings. The highest BCUT2D eigenvalue weighted by atomic mass is 32.2. The van der Waals surface area contributed by atoms with Gasteiger partial charge in [0.2, 0.25) is 0 Å². The van der Waals surface area contributed by atoms with E-state index < -0.39 is 0 Å². The number of thioether (sulfide) groups is 2. The van der Waals surface area contributed by atoms with Crippen LogP contribution >= 0.6 is 23.5 Å². The fraction of sp³-hybridized carbons (Fsp3) is 0.919. The van der Waals surface area contributed by atoms with Gasteiger partial charge in [0.25, 0.3) is 0 Å². The predicted octanol–water partition coefficient (Wildman–Crippen LogP) is 19.4. The third kappa shape index (κ3) is 22.1. The van der Waals surface area contributed by atoms with E-state index in [9.17, 15) is 0 Å². The molecule has 4 saturated heterocycles. The Hall–Kier alpha value is -1.04. The lowest BCUT2D eigenvalue weighted by Crippen LogP contribution is -2.56. The zero-order valence-corrected chi connectivity index (χ0v) is 62.7. The molecule has 8 nitrogen and oxygen atoms in total. The van der Waals surface area contributed by atoms with Crippen molar-refractivity contribution in [1.82, 2.24) is 21.3 Å². The first-order valence-electron chi connectivity index (χ1n) is 35.0. The molecule has 0 saturated carbocycles. The largest absolute Gasteiger partial charge is 0.317 e. The van der Waals surface area contributed by atoms with E-state index in [1.807, 2.05) is 12.3 Å². The van der Waals surface area contributed by atoms with E-state index in [0.717, 1.165) is 98.4 Å². The molecular weight excluding hydrogens is 1070 g/mol. The van der Waals surface area contributed by atoms with Crippen LogP contribution in [-0.4, -0.2) is 104 Å². The Morgan fingerprint density at radius 1 is 0.429 bits per heavy atom. The molecule has 0 spiro atoms. The van der Waals surface area contributed by atoms with Crippen LogP contribution in [0.2, 0.25) is 0 Å². The van der Waals surface area contributed by atoms with Crippen molar-refractivity contribution in [2.45, 2.75) is 267 Å². The smallest absolute Gasteiger partial charge is 0.109 e. The molecule has 84 heavy (non-hydrogen) atoms. The summed E-state index contributed by atoms with van der Waals surface area (Å²) < 4.78 is 0.512. The van der Waals surface area contributed by atoms with E-state index in [0.29, 0.717) is 49.5 Å². The number of hydrogen-bond acceptors (Lipinski definition) is 10. The monoisotopic (exact) mass is 1210 g/mol. The fourth-order valence-electron chi connectivity index (χ4n) is 15.6. The van der Waals surface area contributed by atoms with Crippen LogP contribution in [0.1, 0.15) is 252 Å². The highest BCUT2D eigenvalue weighted by molar-refractivity contribution is 8.18. The van der Waals surface area contributed by atoms with Crippen molar-refractivity contribution < 1.29 is 0 Å². The summed E-state index contributed by atoms with van der Waals surface area (Å²) in [6.45, 7) is 74.0. The second kappa shape index (κ2) is 38.6. The minimum atomic E-state index is 0.161. The molecule has 10 heteroatoms. The zero-order chi connectivity index (χ0) is 64.3. The van der Waals surface area contributed by atoms with Gasteiger partial charge in [0.05, 0.1) is 16.2 Å². The molecule has 0 atom stereocenters. The third-order valence-electron chi connectivity index (χ3n) is 22.9. The van der Waals surface area contributed by atoms with Crippen LogP contribution in [0.5, 0.6) is 0 Å². The maximum absolute atomic E-state index is 4.65. The van der Waals surface area contributed by atoms with E-state index in [2.05, 4.69) is 277 Å². The van der Waals surface area contributed by atoms with Gasteiger partial charge in [0, 0.05) is 49.7 Å². The van der Waals surface area contributed by atoms with Crippen LogP contribution in [0.3, 0.4) is 0 Å². The third-order valence-corrected chi connectivity index (χ3v) is 27.4. The average molecular weight is 1210 g/mol. The molecule has 4 N–H and O–H groups in total. The second-order valence-corrected chi connectivity index (χ2v) is 34.1. The van der Waals surface area contributed by atoms with Gasteiger partial charge in [-0.2, -0.15) is 0 Å². The normalized spacial score (nSPS) is 22.5. The van der Waals surface area contributed by atoms with Gasteiger partial charge >= 0.3 is 0 Å². The van der Waals surface area contributed by atoms with Gasteiger partial charge < -0.3 is 21.3 Å². The number of nitrogens with one attached hydrogen (secondary N) is 4. The first-order valence-corrected chi connectivity index (χ1v) is 37.0. The van der Waals surface area contributed by atoms with Crippen molar-refractivity contribution in [2.24, 2.45) is 124 Å². The van der Waals surface area contributed by atoms with Gasteiger partial charge in [-0.15, -0.1) is 23.5 Å². The van der Waals surface area contributed by atoms with E-state index in [1.54, 1.807) is 6.34 Å². The molecule has 0 aromatic heterocycles. The van der Waals surface area contributed by atoms with Crippen LogP contribution in [0, 0.1) is 105 Å². The summed E-state index contributed by atoms with van der Waals surface area (Å²) in [5.41, 5.74) is 2.38.